The van der Waals surface area contributed by atoms with E-state index in [2.05, 4.69) is 24.1 Å². The fourth-order valence-corrected chi connectivity index (χ4v) is 2.14. The monoisotopic (exact) mass is 183 g/mol. The highest BCUT2D eigenvalue weighted by Gasteiger charge is 2.38. The molecule has 0 spiro atoms. The molecule has 2 aliphatic heterocycles. The van der Waals surface area contributed by atoms with Gasteiger partial charge in [-0.3, -0.25) is 15.0 Å². The van der Waals surface area contributed by atoms with E-state index >= 15 is 0 Å². The lowest BCUT2D eigenvalue weighted by Crippen LogP contribution is -2.61. The van der Waals surface area contributed by atoms with Crippen LogP contribution in [0.1, 0.15) is 13.8 Å². The first-order valence-electron chi connectivity index (χ1n) is 4.99. The number of likely N-dealkylation sites (N-methyl/N-ethyl adjacent to an activating group) is 1. The number of amides is 1. The van der Waals surface area contributed by atoms with Gasteiger partial charge in [0, 0.05) is 13.1 Å². The Kier molecular flexibility index (Phi) is 2.26. The van der Waals surface area contributed by atoms with Crippen molar-refractivity contribution in [3.8, 4) is 0 Å². The van der Waals surface area contributed by atoms with Gasteiger partial charge in [-0.05, 0) is 13.5 Å². The van der Waals surface area contributed by atoms with Crippen LogP contribution in [0, 0.1) is 0 Å². The molecule has 4 heteroatoms. The Labute approximate surface area is 78.9 Å². The second-order valence-corrected chi connectivity index (χ2v) is 3.86. The first kappa shape index (κ1) is 8.97. The largest absolute Gasteiger partial charge is 0.321 e. The zero-order valence-corrected chi connectivity index (χ0v) is 8.29. The second kappa shape index (κ2) is 3.27. The molecule has 4 nitrogen and oxygen atoms in total. The summed E-state index contributed by atoms with van der Waals surface area (Å²) in [6.07, 6.45) is 0.233. The third kappa shape index (κ3) is 1.44. The minimum absolute atomic E-state index is 0.233. The maximum absolute atomic E-state index is 11.5. The number of hydrogen-bond donors (Lipinski definition) is 1. The number of nitrogens with one attached hydrogen (secondary N) is 1. The lowest BCUT2D eigenvalue weighted by atomic mass is 10.1. The third-order valence-electron chi connectivity index (χ3n) is 3.03. The van der Waals surface area contributed by atoms with Gasteiger partial charge < -0.3 is 4.90 Å². The van der Waals surface area contributed by atoms with Crippen molar-refractivity contribution in [3.63, 3.8) is 0 Å². The van der Waals surface area contributed by atoms with E-state index in [0.717, 1.165) is 19.6 Å². The van der Waals surface area contributed by atoms with Crippen LogP contribution >= 0.6 is 0 Å². The van der Waals surface area contributed by atoms with Gasteiger partial charge in [-0.25, -0.2) is 0 Å². The van der Waals surface area contributed by atoms with Crippen molar-refractivity contribution >= 4 is 5.91 Å². The molecule has 0 aromatic heterocycles. The summed E-state index contributed by atoms with van der Waals surface area (Å²) < 4.78 is 0. The highest BCUT2D eigenvalue weighted by Crippen LogP contribution is 2.18. The molecule has 0 aromatic rings. The average molecular weight is 183 g/mol. The first-order valence-corrected chi connectivity index (χ1v) is 4.99. The summed E-state index contributed by atoms with van der Waals surface area (Å²) in [5, 5.41) is 3.16. The standard InChI is InChI=1S/C9H17N3O/c1-3-11-5-8(6-11)12-7(2)10-4-9(12)13/h7-8,10H,3-6H2,1-2H3. The number of nitrogens with zero attached hydrogens (tertiary/aromatic N) is 2. The molecule has 0 aromatic carbocycles. The summed E-state index contributed by atoms with van der Waals surface area (Å²) in [7, 11) is 0. The molecule has 1 atom stereocenters. The van der Waals surface area contributed by atoms with Gasteiger partial charge in [0.15, 0.2) is 0 Å². The van der Waals surface area contributed by atoms with Gasteiger partial charge in [-0.15, -0.1) is 0 Å². The zero-order valence-electron chi connectivity index (χ0n) is 8.29. The maximum Gasteiger partial charge on any atom is 0.238 e. The van der Waals surface area contributed by atoms with Gasteiger partial charge in [-0.2, -0.15) is 0 Å². The molecular weight excluding hydrogens is 166 g/mol. The topological polar surface area (TPSA) is 35.6 Å². The van der Waals surface area contributed by atoms with Crippen LogP contribution in [0.3, 0.4) is 0 Å². The van der Waals surface area contributed by atoms with Crippen LogP contribution in [-0.4, -0.2) is 54.1 Å². The Morgan fingerprint density at radius 3 is 2.69 bits per heavy atom. The van der Waals surface area contributed by atoms with E-state index < -0.39 is 0 Å². The van der Waals surface area contributed by atoms with E-state index in [1.165, 1.54) is 0 Å². The van der Waals surface area contributed by atoms with Crippen molar-refractivity contribution in [2.45, 2.75) is 26.1 Å². The lowest BCUT2D eigenvalue weighted by molar-refractivity contribution is -0.133. The van der Waals surface area contributed by atoms with Gasteiger partial charge in [0.25, 0.3) is 0 Å². The van der Waals surface area contributed by atoms with Gasteiger partial charge in [-0.1, -0.05) is 6.92 Å². The highest BCUT2D eigenvalue weighted by molar-refractivity contribution is 5.81. The maximum atomic E-state index is 11.5. The second-order valence-electron chi connectivity index (χ2n) is 3.86. The molecule has 2 aliphatic rings. The Hall–Kier alpha value is -0.610. The molecule has 2 rings (SSSR count). The Morgan fingerprint density at radius 2 is 2.23 bits per heavy atom. The molecule has 13 heavy (non-hydrogen) atoms. The molecule has 74 valence electrons. The number of carbonyl (C=O) groups is 1. The molecule has 0 saturated carbocycles. The smallest absolute Gasteiger partial charge is 0.238 e. The Bertz CT molecular complexity index is 213. The quantitative estimate of drug-likeness (QED) is 0.625. The van der Waals surface area contributed by atoms with Gasteiger partial charge >= 0.3 is 0 Å². The van der Waals surface area contributed by atoms with Crippen molar-refractivity contribution in [2.24, 2.45) is 0 Å². The minimum atomic E-state index is 0.233. The number of likely N-dealkylation sites (tertiary alicyclic amines) is 1. The molecular formula is C9H17N3O. The highest BCUT2D eigenvalue weighted by atomic mass is 16.2. The SMILES string of the molecule is CCN1CC(N2C(=O)CNC2C)C1. The normalized spacial score (nSPS) is 31.1. The van der Waals surface area contributed by atoms with Crippen LogP contribution in [-0.2, 0) is 4.79 Å². The third-order valence-corrected chi connectivity index (χ3v) is 3.03. The summed E-state index contributed by atoms with van der Waals surface area (Å²) in [4.78, 5) is 15.8. The number of carbonyl (C=O) groups excluding carboxylic acids is 1. The van der Waals surface area contributed by atoms with Gasteiger partial charge in [0.2, 0.25) is 5.91 Å². The van der Waals surface area contributed by atoms with Crippen LogP contribution < -0.4 is 5.32 Å². The molecule has 2 fully saturated rings. The molecule has 1 unspecified atom stereocenters. The molecule has 2 heterocycles. The van der Waals surface area contributed by atoms with Gasteiger partial charge in [0.1, 0.15) is 0 Å². The summed E-state index contributed by atoms with van der Waals surface area (Å²) in [6.45, 7) is 7.93. The molecule has 2 saturated heterocycles. The van der Waals surface area contributed by atoms with E-state index in [1.54, 1.807) is 0 Å². The van der Waals surface area contributed by atoms with E-state index in [1.807, 2.05) is 4.90 Å². The van der Waals surface area contributed by atoms with Crippen LogP contribution in [0.25, 0.3) is 0 Å². The molecule has 0 bridgehead atoms. The van der Waals surface area contributed by atoms with Crippen molar-refractivity contribution in [1.82, 2.24) is 15.1 Å². The van der Waals surface area contributed by atoms with Crippen LogP contribution in [0.4, 0.5) is 0 Å². The van der Waals surface area contributed by atoms with E-state index in [4.69, 9.17) is 0 Å². The Balaban J connectivity index is 1.91. The predicted molar refractivity (Wildman–Crippen MR) is 50.2 cm³/mol. The molecule has 0 aliphatic carbocycles. The molecule has 1 amide bonds. The number of hydrogen-bond acceptors (Lipinski definition) is 3. The van der Waals surface area contributed by atoms with Crippen molar-refractivity contribution in [2.75, 3.05) is 26.2 Å². The fourth-order valence-electron chi connectivity index (χ4n) is 2.14. The van der Waals surface area contributed by atoms with E-state index in [9.17, 15) is 4.79 Å². The molecule has 0 radical (unpaired) electrons. The Morgan fingerprint density at radius 1 is 1.54 bits per heavy atom. The zero-order chi connectivity index (χ0) is 9.42. The van der Waals surface area contributed by atoms with Crippen molar-refractivity contribution in [1.29, 1.82) is 0 Å². The van der Waals surface area contributed by atoms with E-state index in [-0.39, 0.29) is 12.1 Å². The van der Waals surface area contributed by atoms with E-state index in [0.29, 0.717) is 12.6 Å². The van der Waals surface area contributed by atoms with Gasteiger partial charge in [0.05, 0.1) is 18.8 Å². The average Bonchev–Trinajstić information content (AvgIpc) is 2.33. The minimum Gasteiger partial charge on any atom is -0.321 e. The summed E-state index contributed by atoms with van der Waals surface area (Å²) >= 11 is 0. The van der Waals surface area contributed by atoms with Crippen molar-refractivity contribution in [3.05, 3.63) is 0 Å². The van der Waals surface area contributed by atoms with Crippen LogP contribution in [0.5, 0.6) is 0 Å². The van der Waals surface area contributed by atoms with Crippen LogP contribution in [0.2, 0.25) is 0 Å². The van der Waals surface area contributed by atoms with Crippen molar-refractivity contribution < 1.29 is 4.79 Å². The summed E-state index contributed by atoms with van der Waals surface area (Å²) in [5.41, 5.74) is 0. The number of rotatable bonds is 2. The summed E-state index contributed by atoms with van der Waals surface area (Å²) in [6, 6.07) is 0.456. The lowest BCUT2D eigenvalue weighted by Gasteiger charge is -2.44. The molecule has 1 N–H and O–H groups in total. The first-order chi connectivity index (χ1) is 6.22. The fraction of sp³-hybridized carbons (Fsp3) is 0.889. The van der Waals surface area contributed by atoms with Crippen LogP contribution in [0.15, 0.2) is 0 Å². The predicted octanol–water partition coefficient (Wildman–Crippen LogP) is -0.532. The summed E-state index contributed by atoms with van der Waals surface area (Å²) in [5.74, 6) is 0.258.